The van der Waals surface area contributed by atoms with Gasteiger partial charge in [-0.3, -0.25) is 34.2 Å². The summed E-state index contributed by atoms with van der Waals surface area (Å²) in [5.41, 5.74) is 0.0576. The molecule has 1 unspecified atom stereocenters. The summed E-state index contributed by atoms with van der Waals surface area (Å²) in [5.74, 6) is -2.76. The molecule has 0 saturated carbocycles. The van der Waals surface area contributed by atoms with Crippen LogP contribution in [-0.4, -0.2) is 60.1 Å². The van der Waals surface area contributed by atoms with Crippen LogP contribution in [0.2, 0.25) is 0 Å². The van der Waals surface area contributed by atoms with Gasteiger partial charge in [-0.05, 0) is 55.5 Å². The lowest BCUT2D eigenvalue weighted by Gasteiger charge is -2.34. The lowest BCUT2D eigenvalue weighted by molar-refractivity contribution is -0.138. The van der Waals surface area contributed by atoms with E-state index in [4.69, 9.17) is 0 Å². The maximum absolute atomic E-state index is 13.4. The topological polar surface area (TPSA) is 116 Å². The normalized spacial score (nSPS) is 20.2. The molecule has 9 nitrogen and oxygen atoms in total. The molecule has 2 N–H and O–H groups in total. The standard InChI is InChI=1S/C27H25F3N4O5/c28-27(29,30)17-4-1-3-16(13-17)23(36)31-14-15-9-11-33(12-10-15)19-6-2-5-18-22(19)26(39)34(25(18)38)20-7-8-21(35)32-24(20)37/h1-6,13,15,20H,7-12,14H2,(H,31,36)(H,32,35,37). The highest BCUT2D eigenvalue weighted by Gasteiger charge is 2.46. The summed E-state index contributed by atoms with van der Waals surface area (Å²) in [4.78, 5) is 65.7. The molecule has 2 aromatic rings. The van der Waals surface area contributed by atoms with Crippen LogP contribution in [0.1, 0.15) is 62.3 Å². The molecule has 2 aromatic carbocycles. The fourth-order valence-corrected chi connectivity index (χ4v) is 5.31. The van der Waals surface area contributed by atoms with Crippen LogP contribution in [0.3, 0.4) is 0 Å². The average molecular weight is 543 g/mol. The summed E-state index contributed by atoms with van der Waals surface area (Å²) in [6, 6.07) is 8.18. The van der Waals surface area contributed by atoms with Crippen LogP contribution < -0.4 is 15.5 Å². The third-order valence-corrected chi connectivity index (χ3v) is 7.40. The summed E-state index contributed by atoms with van der Waals surface area (Å²) in [5, 5.41) is 4.90. The second-order valence-electron chi connectivity index (χ2n) is 9.87. The van der Waals surface area contributed by atoms with Crippen molar-refractivity contribution in [2.75, 3.05) is 24.5 Å². The van der Waals surface area contributed by atoms with Gasteiger partial charge in [0.25, 0.3) is 17.7 Å². The molecule has 39 heavy (non-hydrogen) atoms. The number of hydrogen-bond acceptors (Lipinski definition) is 6. The minimum absolute atomic E-state index is 0.0362. The maximum atomic E-state index is 13.4. The highest BCUT2D eigenvalue weighted by Crippen LogP contribution is 2.36. The fourth-order valence-electron chi connectivity index (χ4n) is 5.31. The van der Waals surface area contributed by atoms with E-state index in [1.165, 1.54) is 12.1 Å². The Morgan fingerprint density at radius 3 is 2.38 bits per heavy atom. The lowest BCUT2D eigenvalue weighted by Crippen LogP contribution is -2.54. The Kier molecular flexibility index (Phi) is 6.87. The first kappa shape index (κ1) is 26.4. The van der Waals surface area contributed by atoms with E-state index < -0.39 is 47.3 Å². The van der Waals surface area contributed by atoms with Gasteiger partial charge in [0.05, 0.1) is 22.4 Å². The fraction of sp³-hybridized carbons (Fsp3) is 0.370. The highest BCUT2D eigenvalue weighted by molar-refractivity contribution is 6.25. The molecule has 3 aliphatic heterocycles. The minimum Gasteiger partial charge on any atom is -0.371 e. The molecule has 1 atom stereocenters. The molecule has 3 heterocycles. The van der Waals surface area contributed by atoms with Crippen LogP contribution in [0.15, 0.2) is 42.5 Å². The van der Waals surface area contributed by atoms with Gasteiger partial charge in [0.2, 0.25) is 11.8 Å². The third-order valence-electron chi connectivity index (χ3n) is 7.40. The Morgan fingerprint density at radius 1 is 0.974 bits per heavy atom. The van der Waals surface area contributed by atoms with E-state index in [1.54, 1.807) is 18.2 Å². The molecule has 5 rings (SSSR count). The number of halogens is 3. The van der Waals surface area contributed by atoms with Gasteiger partial charge in [0.1, 0.15) is 6.04 Å². The van der Waals surface area contributed by atoms with Crippen molar-refractivity contribution < 1.29 is 37.1 Å². The van der Waals surface area contributed by atoms with Crippen molar-refractivity contribution in [3.63, 3.8) is 0 Å². The van der Waals surface area contributed by atoms with Gasteiger partial charge < -0.3 is 10.2 Å². The van der Waals surface area contributed by atoms with E-state index in [9.17, 15) is 37.1 Å². The number of piperidine rings is 2. The highest BCUT2D eigenvalue weighted by atomic mass is 19.4. The van der Waals surface area contributed by atoms with Crippen molar-refractivity contribution in [2.24, 2.45) is 5.92 Å². The molecular weight excluding hydrogens is 517 g/mol. The number of nitrogens with one attached hydrogen (secondary N) is 2. The Morgan fingerprint density at radius 2 is 1.69 bits per heavy atom. The summed E-state index contributed by atoms with van der Waals surface area (Å²) in [6.45, 7) is 1.34. The number of benzene rings is 2. The molecule has 204 valence electrons. The van der Waals surface area contributed by atoms with Crippen molar-refractivity contribution in [1.29, 1.82) is 0 Å². The van der Waals surface area contributed by atoms with E-state index in [1.807, 2.05) is 4.90 Å². The van der Waals surface area contributed by atoms with Gasteiger partial charge in [0.15, 0.2) is 0 Å². The van der Waals surface area contributed by atoms with Crippen molar-refractivity contribution >= 4 is 35.2 Å². The third kappa shape index (κ3) is 5.10. The van der Waals surface area contributed by atoms with Crippen molar-refractivity contribution in [3.8, 4) is 0 Å². The number of amides is 5. The predicted molar refractivity (Wildman–Crippen MR) is 132 cm³/mol. The van der Waals surface area contributed by atoms with Gasteiger partial charge >= 0.3 is 6.18 Å². The minimum atomic E-state index is -4.54. The molecular formula is C27H25F3N4O5. The SMILES string of the molecule is O=C1CCC(N2C(=O)c3cccc(N4CCC(CNC(=O)c5cccc(C(F)(F)F)c5)CC4)c3C2=O)C(=O)N1. The number of nitrogens with zero attached hydrogens (tertiary/aromatic N) is 2. The Hall–Kier alpha value is -4.22. The van der Waals surface area contributed by atoms with Gasteiger partial charge in [-0.15, -0.1) is 0 Å². The van der Waals surface area contributed by atoms with Crippen LogP contribution in [-0.2, 0) is 15.8 Å². The number of imide groups is 2. The molecule has 0 aromatic heterocycles. The molecule has 0 radical (unpaired) electrons. The molecule has 5 amide bonds. The number of rotatable bonds is 5. The molecule has 2 fully saturated rings. The Balaban J connectivity index is 1.22. The van der Waals surface area contributed by atoms with E-state index in [2.05, 4.69) is 10.6 Å². The van der Waals surface area contributed by atoms with Gasteiger partial charge in [-0.25, -0.2) is 0 Å². The Labute approximate surface area is 221 Å². The molecule has 0 bridgehead atoms. The lowest BCUT2D eigenvalue weighted by atomic mass is 9.95. The molecule has 0 aliphatic carbocycles. The molecule has 12 heteroatoms. The monoisotopic (exact) mass is 542 g/mol. The van der Waals surface area contributed by atoms with E-state index in [-0.39, 0.29) is 42.0 Å². The number of anilines is 1. The second kappa shape index (κ2) is 10.2. The number of alkyl halides is 3. The molecule has 2 saturated heterocycles. The van der Waals surface area contributed by atoms with Crippen LogP contribution >= 0.6 is 0 Å². The van der Waals surface area contributed by atoms with Crippen LogP contribution in [0.25, 0.3) is 0 Å². The van der Waals surface area contributed by atoms with E-state index in [0.717, 1.165) is 17.0 Å². The number of hydrogen-bond donors (Lipinski definition) is 2. The van der Waals surface area contributed by atoms with Crippen LogP contribution in [0.5, 0.6) is 0 Å². The predicted octanol–water partition coefficient (Wildman–Crippen LogP) is 2.75. The summed E-state index contributed by atoms with van der Waals surface area (Å²) in [7, 11) is 0. The number of fused-ring (bicyclic) bond motifs is 1. The number of carbonyl (C=O) groups excluding carboxylic acids is 5. The van der Waals surface area contributed by atoms with E-state index >= 15 is 0 Å². The quantitative estimate of drug-likeness (QED) is 0.562. The Bertz CT molecular complexity index is 1370. The van der Waals surface area contributed by atoms with Crippen LogP contribution in [0.4, 0.5) is 18.9 Å². The van der Waals surface area contributed by atoms with Crippen LogP contribution in [0, 0.1) is 5.92 Å². The largest absolute Gasteiger partial charge is 0.416 e. The summed E-state index contributed by atoms with van der Waals surface area (Å²) >= 11 is 0. The van der Waals surface area contributed by atoms with Gasteiger partial charge in [-0.2, -0.15) is 13.2 Å². The first-order valence-electron chi connectivity index (χ1n) is 12.6. The van der Waals surface area contributed by atoms with Gasteiger partial charge in [-0.1, -0.05) is 12.1 Å². The molecule has 3 aliphatic rings. The van der Waals surface area contributed by atoms with E-state index in [0.29, 0.717) is 31.6 Å². The first-order chi connectivity index (χ1) is 18.5. The summed E-state index contributed by atoms with van der Waals surface area (Å²) < 4.78 is 38.9. The zero-order valence-electron chi connectivity index (χ0n) is 20.7. The maximum Gasteiger partial charge on any atom is 0.416 e. The first-order valence-corrected chi connectivity index (χ1v) is 12.6. The van der Waals surface area contributed by atoms with Crippen molar-refractivity contribution in [3.05, 3.63) is 64.7 Å². The van der Waals surface area contributed by atoms with Crippen molar-refractivity contribution in [1.82, 2.24) is 15.5 Å². The number of carbonyl (C=O) groups is 5. The molecule has 0 spiro atoms. The zero-order chi connectivity index (χ0) is 27.9. The summed E-state index contributed by atoms with van der Waals surface area (Å²) in [6.07, 6.45) is -3.14. The zero-order valence-corrected chi connectivity index (χ0v) is 20.7. The average Bonchev–Trinajstić information content (AvgIpc) is 3.17. The smallest absolute Gasteiger partial charge is 0.371 e. The van der Waals surface area contributed by atoms with Crippen molar-refractivity contribution in [2.45, 2.75) is 37.9 Å². The second-order valence-corrected chi connectivity index (χ2v) is 9.87. The van der Waals surface area contributed by atoms with Gasteiger partial charge in [0, 0.05) is 31.6 Å².